The third kappa shape index (κ3) is 5.00. The maximum absolute atomic E-state index is 12.9. The van der Waals surface area contributed by atoms with E-state index in [1.54, 1.807) is 32.0 Å². The Bertz CT molecular complexity index is 1210. The van der Waals surface area contributed by atoms with E-state index < -0.39 is 10.0 Å². The summed E-state index contributed by atoms with van der Waals surface area (Å²) in [4.78, 5) is 0.0286. The van der Waals surface area contributed by atoms with Crippen LogP contribution in [0.25, 0.3) is 0 Å². The number of ether oxygens (including phenoxy) is 3. The largest absolute Gasteiger partial charge is 0.493 e. The first kappa shape index (κ1) is 23.1. The highest BCUT2D eigenvalue weighted by Crippen LogP contribution is 2.32. The van der Waals surface area contributed by atoms with Crippen molar-refractivity contribution in [2.24, 2.45) is 0 Å². The Balaban J connectivity index is 1.83. The molecule has 0 fully saturated rings. The topological polar surface area (TPSA) is 91.7 Å². The Labute approximate surface area is 190 Å². The Kier molecular flexibility index (Phi) is 6.88. The fourth-order valence-electron chi connectivity index (χ4n) is 2.87. The van der Waals surface area contributed by atoms with Gasteiger partial charge in [0, 0.05) is 11.1 Å². The van der Waals surface area contributed by atoms with Gasteiger partial charge in [0.2, 0.25) is 0 Å². The minimum Gasteiger partial charge on any atom is -0.493 e. The van der Waals surface area contributed by atoms with Gasteiger partial charge in [0.15, 0.2) is 18.2 Å². The molecule has 2 aromatic carbocycles. The van der Waals surface area contributed by atoms with Crippen molar-refractivity contribution in [3.8, 4) is 17.2 Å². The molecule has 0 amide bonds. The van der Waals surface area contributed by atoms with Crippen LogP contribution in [0.2, 0.25) is 10.0 Å². The number of sulfonamides is 1. The molecule has 11 heteroatoms. The first-order valence-electron chi connectivity index (χ1n) is 9.03. The molecule has 8 nitrogen and oxygen atoms in total. The van der Waals surface area contributed by atoms with Gasteiger partial charge in [-0.1, -0.05) is 23.2 Å². The quantitative estimate of drug-likeness (QED) is 0.498. The first-order valence-corrected chi connectivity index (χ1v) is 11.3. The van der Waals surface area contributed by atoms with Crippen molar-refractivity contribution in [3.63, 3.8) is 0 Å². The van der Waals surface area contributed by atoms with Gasteiger partial charge in [-0.3, -0.25) is 4.72 Å². The minimum absolute atomic E-state index is 0.0286. The summed E-state index contributed by atoms with van der Waals surface area (Å²) in [6, 6.07) is 9.23. The van der Waals surface area contributed by atoms with E-state index in [1.807, 2.05) is 0 Å². The van der Waals surface area contributed by atoms with E-state index in [-0.39, 0.29) is 11.6 Å². The Morgan fingerprint density at radius 1 is 1.00 bits per heavy atom. The molecule has 0 aliphatic rings. The van der Waals surface area contributed by atoms with E-state index in [9.17, 15) is 8.42 Å². The lowest BCUT2D eigenvalue weighted by Gasteiger charge is -2.12. The first-order chi connectivity index (χ1) is 14.7. The molecule has 31 heavy (non-hydrogen) atoms. The van der Waals surface area contributed by atoms with Gasteiger partial charge >= 0.3 is 0 Å². The number of halogens is 2. The normalized spacial score (nSPS) is 11.3. The van der Waals surface area contributed by atoms with E-state index in [0.717, 1.165) is 0 Å². The van der Waals surface area contributed by atoms with Gasteiger partial charge in [-0.15, -0.1) is 0 Å². The molecule has 0 aliphatic carbocycles. The van der Waals surface area contributed by atoms with E-state index >= 15 is 0 Å². The Morgan fingerprint density at radius 2 is 1.68 bits per heavy atom. The molecular weight excluding hydrogens is 465 g/mol. The molecule has 0 atom stereocenters. The summed E-state index contributed by atoms with van der Waals surface area (Å²) in [5.74, 6) is 1.17. The Morgan fingerprint density at radius 3 is 2.32 bits per heavy atom. The molecule has 0 spiro atoms. The summed E-state index contributed by atoms with van der Waals surface area (Å²) < 4.78 is 46.0. The summed E-state index contributed by atoms with van der Waals surface area (Å²) in [5, 5.41) is 5.22. The molecule has 1 N–H and O–H groups in total. The number of benzene rings is 2. The summed E-state index contributed by atoms with van der Waals surface area (Å²) in [6.07, 6.45) is 0. The number of nitrogens with zero attached hydrogens (tertiary/aromatic N) is 2. The van der Waals surface area contributed by atoms with Crippen molar-refractivity contribution in [1.29, 1.82) is 0 Å². The van der Waals surface area contributed by atoms with Gasteiger partial charge in [0.1, 0.15) is 5.75 Å². The molecule has 0 unspecified atom stereocenters. The number of methoxy groups -OCH3 is 2. The van der Waals surface area contributed by atoms with Crippen LogP contribution >= 0.6 is 23.2 Å². The molecule has 0 radical (unpaired) electrons. The van der Waals surface area contributed by atoms with Gasteiger partial charge in [-0.05, 0) is 44.2 Å². The van der Waals surface area contributed by atoms with E-state index in [0.29, 0.717) is 44.4 Å². The van der Waals surface area contributed by atoms with Crippen molar-refractivity contribution < 1.29 is 22.6 Å². The number of rotatable bonds is 8. The number of aromatic nitrogens is 2. The SMILES string of the molecule is COc1ccc(S(=O)(=O)Nc2c(C)nn(COc3ccc(Cl)cc3Cl)c2C)cc1OC. The third-order valence-corrected chi connectivity index (χ3v) is 6.40. The summed E-state index contributed by atoms with van der Waals surface area (Å²) >= 11 is 12.0. The van der Waals surface area contributed by atoms with Gasteiger partial charge in [0.25, 0.3) is 10.0 Å². The number of anilines is 1. The van der Waals surface area contributed by atoms with Crippen LogP contribution in [-0.4, -0.2) is 32.4 Å². The van der Waals surface area contributed by atoms with Crippen molar-refractivity contribution in [2.45, 2.75) is 25.5 Å². The van der Waals surface area contributed by atoms with Gasteiger partial charge in [-0.2, -0.15) is 5.10 Å². The van der Waals surface area contributed by atoms with Crippen molar-refractivity contribution in [1.82, 2.24) is 9.78 Å². The van der Waals surface area contributed by atoms with E-state index in [4.69, 9.17) is 37.4 Å². The molecular formula is C20H21Cl2N3O5S. The van der Waals surface area contributed by atoms with Crippen molar-refractivity contribution in [3.05, 3.63) is 57.8 Å². The predicted octanol–water partition coefficient (Wildman–Crippen LogP) is 4.66. The highest BCUT2D eigenvalue weighted by atomic mass is 35.5. The van der Waals surface area contributed by atoms with Crippen LogP contribution in [0.1, 0.15) is 11.4 Å². The van der Waals surface area contributed by atoms with Crippen LogP contribution in [0, 0.1) is 13.8 Å². The van der Waals surface area contributed by atoms with E-state index in [1.165, 1.54) is 37.1 Å². The number of nitrogens with one attached hydrogen (secondary N) is 1. The number of aryl methyl sites for hydroxylation is 1. The fourth-order valence-corrected chi connectivity index (χ4v) is 4.52. The summed E-state index contributed by atoms with van der Waals surface area (Å²) in [5.41, 5.74) is 1.43. The average Bonchev–Trinajstić information content (AvgIpc) is 2.99. The van der Waals surface area contributed by atoms with E-state index in [2.05, 4.69) is 9.82 Å². The van der Waals surface area contributed by atoms with Gasteiger partial charge < -0.3 is 14.2 Å². The minimum atomic E-state index is -3.90. The lowest BCUT2D eigenvalue weighted by Crippen LogP contribution is -2.15. The predicted molar refractivity (Wildman–Crippen MR) is 119 cm³/mol. The van der Waals surface area contributed by atoms with Crippen molar-refractivity contribution >= 4 is 38.9 Å². The number of hydrogen-bond acceptors (Lipinski definition) is 6. The Hall–Kier alpha value is -2.62. The second-order valence-corrected chi connectivity index (χ2v) is 9.04. The lowest BCUT2D eigenvalue weighted by molar-refractivity contribution is 0.218. The van der Waals surface area contributed by atoms with Crippen LogP contribution in [0.15, 0.2) is 41.3 Å². The standard InChI is InChI=1S/C20H21Cl2N3O5S/c1-12-20(24-31(26,27)15-6-8-18(28-3)19(10-15)29-4)13(2)25(23-12)11-30-17-7-5-14(21)9-16(17)22/h5-10,24H,11H2,1-4H3. The van der Waals surface area contributed by atoms with Crippen LogP contribution in [0.3, 0.4) is 0 Å². The zero-order chi connectivity index (χ0) is 22.8. The summed E-state index contributed by atoms with van der Waals surface area (Å²) in [6.45, 7) is 3.47. The maximum atomic E-state index is 12.9. The second-order valence-electron chi connectivity index (χ2n) is 6.52. The molecule has 0 saturated carbocycles. The number of hydrogen-bond donors (Lipinski definition) is 1. The zero-order valence-electron chi connectivity index (χ0n) is 17.3. The molecule has 1 aromatic heterocycles. The maximum Gasteiger partial charge on any atom is 0.262 e. The van der Waals surface area contributed by atoms with Gasteiger partial charge in [-0.25, -0.2) is 13.1 Å². The highest BCUT2D eigenvalue weighted by molar-refractivity contribution is 7.92. The molecule has 3 aromatic rings. The molecule has 0 saturated heterocycles. The monoisotopic (exact) mass is 485 g/mol. The van der Waals surface area contributed by atoms with Crippen LogP contribution in [0.4, 0.5) is 5.69 Å². The fraction of sp³-hybridized carbons (Fsp3) is 0.250. The molecule has 0 bridgehead atoms. The zero-order valence-corrected chi connectivity index (χ0v) is 19.6. The average molecular weight is 486 g/mol. The van der Waals surface area contributed by atoms with Crippen LogP contribution in [0.5, 0.6) is 17.2 Å². The molecule has 0 aliphatic heterocycles. The summed E-state index contributed by atoms with van der Waals surface area (Å²) in [7, 11) is -0.982. The second kappa shape index (κ2) is 9.25. The lowest BCUT2D eigenvalue weighted by atomic mass is 10.3. The highest BCUT2D eigenvalue weighted by Gasteiger charge is 2.22. The molecule has 166 valence electrons. The third-order valence-electron chi connectivity index (χ3n) is 4.52. The van der Waals surface area contributed by atoms with Crippen LogP contribution < -0.4 is 18.9 Å². The van der Waals surface area contributed by atoms with Crippen molar-refractivity contribution in [2.75, 3.05) is 18.9 Å². The van der Waals surface area contributed by atoms with Gasteiger partial charge in [0.05, 0.1) is 41.2 Å². The molecule has 3 rings (SSSR count). The molecule has 1 heterocycles. The van der Waals surface area contributed by atoms with Crippen LogP contribution in [-0.2, 0) is 16.8 Å². The smallest absolute Gasteiger partial charge is 0.262 e.